The van der Waals surface area contributed by atoms with E-state index in [1.54, 1.807) is 18.5 Å². The van der Waals surface area contributed by atoms with Crippen LogP contribution in [0.15, 0.2) is 43.0 Å². The zero-order valence-electron chi connectivity index (χ0n) is 24.6. The Morgan fingerprint density at radius 1 is 1.21 bits per heavy atom. The number of amides is 1. The Morgan fingerprint density at radius 2 is 1.98 bits per heavy atom. The van der Waals surface area contributed by atoms with Crippen LogP contribution in [0.4, 0.5) is 5.82 Å². The lowest BCUT2D eigenvalue weighted by molar-refractivity contribution is -0.108. The molecule has 2 aliphatic heterocycles. The molecular weight excluding hydrogens is 557 g/mol. The number of ether oxygens (including phenoxy) is 2. The van der Waals surface area contributed by atoms with Gasteiger partial charge < -0.3 is 28.7 Å². The third-order valence-corrected chi connectivity index (χ3v) is 9.82. The van der Waals surface area contributed by atoms with Gasteiger partial charge in [0.2, 0.25) is 6.54 Å². The summed E-state index contributed by atoms with van der Waals surface area (Å²) in [6.07, 6.45) is 2.98. The molecule has 4 heterocycles. The molecule has 13 heteroatoms. The first-order chi connectivity index (χ1) is 20.3. The van der Waals surface area contributed by atoms with E-state index < -0.39 is 20.4 Å². The fourth-order valence-corrected chi connectivity index (χ4v) is 7.33. The number of fused-ring (bicyclic) bond motifs is 3. The summed E-state index contributed by atoms with van der Waals surface area (Å²) in [5, 5.41) is 2.86. The molecule has 1 amide bonds. The van der Waals surface area contributed by atoms with Gasteiger partial charge in [-0.1, -0.05) is 25.1 Å². The van der Waals surface area contributed by atoms with E-state index in [1.807, 2.05) is 22.8 Å². The lowest BCUT2D eigenvalue weighted by Crippen LogP contribution is -2.46. The van der Waals surface area contributed by atoms with Crippen molar-refractivity contribution in [1.82, 2.24) is 24.2 Å². The fourth-order valence-electron chi connectivity index (χ4n) is 5.67. The van der Waals surface area contributed by atoms with Crippen molar-refractivity contribution in [2.75, 3.05) is 31.7 Å². The van der Waals surface area contributed by atoms with Crippen molar-refractivity contribution in [2.24, 2.45) is 5.92 Å². The van der Waals surface area contributed by atoms with Crippen LogP contribution in [0.2, 0.25) is 0 Å². The van der Waals surface area contributed by atoms with Gasteiger partial charge in [-0.3, -0.25) is 9.36 Å². The number of hydrogen-bond acceptors (Lipinski definition) is 9. The summed E-state index contributed by atoms with van der Waals surface area (Å²) in [5.74, 6) is 0.0582. The number of rotatable bonds is 12. The van der Waals surface area contributed by atoms with Gasteiger partial charge in [0.1, 0.15) is 24.6 Å². The topological polar surface area (TPSA) is 117 Å². The molecule has 2 saturated heterocycles. The maximum Gasteiger partial charge on any atom is 0.259 e. The maximum absolute atomic E-state index is 12.8. The van der Waals surface area contributed by atoms with E-state index in [0.29, 0.717) is 48.8 Å². The molecule has 5 atom stereocenters. The lowest BCUT2D eigenvalue weighted by Gasteiger charge is -2.40. The largest absolute Gasteiger partial charge is 0.373 e. The van der Waals surface area contributed by atoms with E-state index in [-0.39, 0.29) is 36.6 Å². The van der Waals surface area contributed by atoms with Crippen molar-refractivity contribution in [1.29, 1.82) is 0 Å². The molecule has 0 spiro atoms. The van der Waals surface area contributed by atoms with Gasteiger partial charge in [0.05, 0.1) is 19.5 Å². The molecule has 0 radical (unpaired) electrons. The Bertz CT molecular complexity index is 1410. The average molecular weight is 596 g/mol. The summed E-state index contributed by atoms with van der Waals surface area (Å²) in [7, 11) is -1.41. The highest BCUT2D eigenvalue weighted by Crippen LogP contribution is 2.53. The summed E-state index contributed by atoms with van der Waals surface area (Å²) in [5.41, 5.74) is 0.914. The molecule has 42 heavy (non-hydrogen) atoms. The molecule has 2 bridgehead atoms. The van der Waals surface area contributed by atoms with Crippen molar-refractivity contribution >= 4 is 31.4 Å². The summed E-state index contributed by atoms with van der Waals surface area (Å²) in [4.78, 5) is 29.6. The zero-order valence-corrected chi connectivity index (χ0v) is 25.5. The molecule has 5 rings (SSSR count). The van der Waals surface area contributed by atoms with Crippen molar-refractivity contribution in [2.45, 2.75) is 71.1 Å². The van der Waals surface area contributed by atoms with E-state index in [0.717, 1.165) is 0 Å². The minimum Gasteiger partial charge on any atom is -0.373 e. The van der Waals surface area contributed by atoms with Crippen molar-refractivity contribution in [3.63, 3.8) is 0 Å². The van der Waals surface area contributed by atoms with Gasteiger partial charge in [-0.2, -0.15) is 0 Å². The first kappa shape index (κ1) is 30.4. The molecule has 2 aromatic heterocycles. The van der Waals surface area contributed by atoms with E-state index in [1.165, 1.54) is 6.33 Å². The van der Waals surface area contributed by atoms with Crippen LogP contribution in [0.3, 0.4) is 0 Å². The predicted molar refractivity (Wildman–Crippen MR) is 158 cm³/mol. The first-order valence-corrected chi connectivity index (χ1v) is 15.4. The first-order valence-electron chi connectivity index (χ1n) is 14.3. The smallest absolute Gasteiger partial charge is 0.259 e. The van der Waals surface area contributed by atoms with Crippen LogP contribution in [-0.2, 0) is 18.5 Å². The Labute approximate surface area is 247 Å². The van der Waals surface area contributed by atoms with Gasteiger partial charge in [0.15, 0.2) is 23.2 Å². The second-order valence-corrected chi connectivity index (χ2v) is 12.6. The summed E-state index contributed by atoms with van der Waals surface area (Å²) in [6.45, 7) is 19.2. The monoisotopic (exact) mass is 595 g/mol. The standard InChI is InChI=1S/C29H38N7O5P/c1-19(2)36(20(3)4)42(39-15-13-30-6)40-16-29-12-14-38-24(21(29)5)28(41-29)35-18-33-23-25(31-17-32-26(23)35)34-27(37)22-10-8-7-9-11-22/h7-11,17-21,24,28H,12-16H2,1-5H3,(H,31,32,34,37)/t21-,24+,28+,29+,42?/m0/s1. The van der Waals surface area contributed by atoms with E-state index in [4.69, 9.17) is 25.1 Å². The SMILES string of the molecule is [C-]#[N+]CCOP(OC[C@@]12CCO[C@@H]([C@H](n3cnc4c(NC(=O)c5ccccc5)ncnc43)O1)[C@@H]2C)N(C(C)C)C(C)C. The van der Waals surface area contributed by atoms with Crippen molar-refractivity contribution < 1.29 is 23.3 Å². The number of hydrogen-bond donors (Lipinski definition) is 1. The van der Waals surface area contributed by atoms with Gasteiger partial charge in [-0.05, 0) is 39.8 Å². The number of aromatic nitrogens is 4. The number of carbonyl (C=O) groups excluding carboxylic acids is 1. The highest BCUT2D eigenvalue weighted by Gasteiger charge is 2.57. The Balaban J connectivity index is 1.37. The van der Waals surface area contributed by atoms with Crippen LogP contribution in [0.1, 0.15) is 57.6 Å². The molecule has 2 aliphatic rings. The Kier molecular flexibility index (Phi) is 9.47. The van der Waals surface area contributed by atoms with Gasteiger partial charge in [-0.25, -0.2) is 26.2 Å². The van der Waals surface area contributed by atoms with Crippen LogP contribution in [0.25, 0.3) is 16.0 Å². The number of benzene rings is 1. The molecular formula is C29H38N7O5P. The maximum atomic E-state index is 12.8. The van der Waals surface area contributed by atoms with Crippen LogP contribution in [0.5, 0.6) is 0 Å². The quantitative estimate of drug-likeness (QED) is 0.174. The second kappa shape index (κ2) is 13.1. The molecule has 1 unspecified atom stereocenters. The number of nitrogens with zero attached hydrogens (tertiary/aromatic N) is 6. The van der Waals surface area contributed by atoms with Gasteiger partial charge in [-0.15, -0.1) is 0 Å². The Morgan fingerprint density at radius 3 is 2.69 bits per heavy atom. The number of imidazole rings is 1. The highest BCUT2D eigenvalue weighted by molar-refractivity contribution is 7.44. The molecule has 1 N–H and O–H groups in total. The Hall–Kier alpha value is -3.04. The zero-order chi connectivity index (χ0) is 29.9. The highest BCUT2D eigenvalue weighted by atomic mass is 31.2. The van der Waals surface area contributed by atoms with Gasteiger partial charge >= 0.3 is 0 Å². The minimum atomic E-state index is -1.41. The third kappa shape index (κ3) is 6.04. The van der Waals surface area contributed by atoms with Crippen LogP contribution >= 0.6 is 8.53 Å². The molecule has 3 aromatic rings. The van der Waals surface area contributed by atoms with Crippen molar-refractivity contribution in [3.05, 3.63) is 60.0 Å². The molecule has 224 valence electrons. The van der Waals surface area contributed by atoms with Crippen LogP contribution < -0.4 is 5.32 Å². The lowest BCUT2D eigenvalue weighted by atomic mass is 9.83. The van der Waals surface area contributed by atoms with Gasteiger partial charge in [0, 0.05) is 30.0 Å². The van der Waals surface area contributed by atoms with Crippen molar-refractivity contribution in [3.8, 4) is 0 Å². The number of anilines is 1. The van der Waals surface area contributed by atoms with Crippen LogP contribution in [0, 0.1) is 12.5 Å². The summed E-state index contributed by atoms with van der Waals surface area (Å²) < 4.78 is 29.8. The van der Waals surface area contributed by atoms with E-state index >= 15 is 0 Å². The van der Waals surface area contributed by atoms with Crippen LogP contribution in [-0.4, -0.2) is 80.3 Å². The molecule has 0 aliphatic carbocycles. The number of nitrogens with one attached hydrogen (secondary N) is 1. The molecule has 1 aromatic carbocycles. The minimum absolute atomic E-state index is 0.0134. The van der Waals surface area contributed by atoms with E-state index in [9.17, 15) is 4.79 Å². The second-order valence-electron chi connectivity index (χ2n) is 11.1. The summed E-state index contributed by atoms with van der Waals surface area (Å²) in [6, 6.07) is 9.35. The fraction of sp³-hybridized carbons (Fsp3) is 0.552. The normalized spacial score (nSPS) is 24.4. The van der Waals surface area contributed by atoms with E-state index in [2.05, 4.69) is 64.4 Å². The molecule has 0 saturated carbocycles. The molecule has 12 nitrogen and oxygen atoms in total. The number of carbonyl (C=O) groups is 1. The van der Waals surface area contributed by atoms with Gasteiger partial charge in [0.25, 0.3) is 14.4 Å². The predicted octanol–water partition coefficient (Wildman–Crippen LogP) is 5.07. The molecule has 2 fully saturated rings. The summed E-state index contributed by atoms with van der Waals surface area (Å²) >= 11 is 0. The third-order valence-electron chi connectivity index (χ3n) is 7.77. The average Bonchev–Trinajstić information content (AvgIpc) is 3.44.